The van der Waals surface area contributed by atoms with Crippen molar-refractivity contribution in [3.63, 3.8) is 0 Å². The van der Waals surface area contributed by atoms with Gasteiger partial charge in [-0.25, -0.2) is 0 Å². The fraction of sp³-hybridized carbons (Fsp3) is 0.529. The molecule has 0 bridgehead atoms. The summed E-state index contributed by atoms with van der Waals surface area (Å²) in [7, 11) is 0. The van der Waals surface area contributed by atoms with Crippen molar-refractivity contribution in [1.82, 2.24) is 0 Å². The van der Waals surface area contributed by atoms with Gasteiger partial charge in [0.05, 0.1) is 19.1 Å². The number of carbonyl (C=O) groups excluding carboxylic acids is 2. The van der Waals surface area contributed by atoms with Gasteiger partial charge in [-0.15, -0.1) is 0 Å². The maximum Gasteiger partial charge on any atom is 0.306 e. The van der Waals surface area contributed by atoms with E-state index in [1.54, 1.807) is 0 Å². The van der Waals surface area contributed by atoms with Gasteiger partial charge in [-0.2, -0.15) is 0 Å². The third kappa shape index (κ3) is 2.38. The average Bonchev–Trinajstić information content (AvgIpc) is 2.48. The Morgan fingerprint density at radius 2 is 2.05 bits per heavy atom. The lowest BCUT2D eigenvalue weighted by Crippen LogP contribution is -2.68. The number of hydrogen-bond acceptors (Lipinski definition) is 4. The highest BCUT2D eigenvalue weighted by molar-refractivity contribution is 5.76. The summed E-state index contributed by atoms with van der Waals surface area (Å²) in [6.45, 7) is 4.58. The largest absolute Gasteiger partial charge is 0.461 e. The summed E-state index contributed by atoms with van der Waals surface area (Å²) >= 11 is 0. The van der Waals surface area contributed by atoms with Gasteiger partial charge < -0.3 is 14.3 Å². The molecule has 2 aliphatic rings. The Morgan fingerprint density at radius 3 is 2.71 bits per heavy atom. The zero-order valence-electron chi connectivity index (χ0n) is 12.3. The Balaban J connectivity index is 1.72. The van der Waals surface area contributed by atoms with Gasteiger partial charge in [0.2, 0.25) is 0 Å². The number of hydrogen-bond donors (Lipinski definition) is 0. The van der Waals surface area contributed by atoms with Gasteiger partial charge in [-0.05, 0) is 5.56 Å². The molecule has 0 amide bonds. The van der Waals surface area contributed by atoms with Crippen LogP contribution in [-0.2, 0) is 25.7 Å². The van der Waals surface area contributed by atoms with E-state index in [9.17, 15) is 9.59 Å². The number of esters is 1. The van der Waals surface area contributed by atoms with Gasteiger partial charge in [0.1, 0.15) is 12.4 Å². The van der Waals surface area contributed by atoms with Crippen LogP contribution < -0.4 is 0 Å². The van der Waals surface area contributed by atoms with Gasteiger partial charge in [0.25, 0.3) is 0 Å². The van der Waals surface area contributed by atoms with Crippen LogP contribution in [0.4, 0.5) is 0 Å². The second-order valence-corrected chi connectivity index (χ2v) is 6.53. The van der Waals surface area contributed by atoms with Crippen molar-refractivity contribution in [1.29, 1.82) is 0 Å². The van der Waals surface area contributed by atoms with Gasteiger partial charge in [0.15, 0.2) is 0 Å². The number of rotatable bonds is 4. The molecule has 4 nitrogen and oxygen atoms in total. The topological polar surface area (TPSA) is 52.6 Å². The van der Waals surface area contributed by atoms with E-state index in [-0.39, 0.29) is 41.8 Å². The molecule has 1 aliphatic heterocycles. The van der Waals surface area contributed by atoms with Crippen molar-refractivity contribution in [2.45, 2.75) is 39.1 Å². The second-order valence-electron chi connectivity index (χ2n) is 6.53. The smallest absolute Gasteiger partial charge is 0.306 e. The molecule has 1 aromatic rings. The quantitative estimate of drug-likeness (QED) is 0.630. The third-order valence-corrected chi connectivity index (χ3v) is 4.77. The maximum absolute atomic E-state index is 11.6. The van der Waals surface area contributed by atoms with Gasteiger partial charge in [-0.3, -0.25) is 4.79 Å². The SMILES string of the molecule is CC1(C)[C@@H](OCc2ccccc2)[C@@H]2[C@@H](C=O)CC(=O)O[C@@H]21. The number of benzene rings is 1. The predicted molar refractivity (Wildman–Crippen MR) is 76.3 cm³/mol. The minimum Gasteiger partial charge on any atom is -0.461 e. The molecule has 4 atom stereocenters. The van der Waals surface area contributed by atoms with E-state index in [2.05, 4.69) is 0 Å². The van der Waals surface area contributed by atoms with Crippen LogP contribution in [-0.4, -0.2) is 24.5 Å². The fourth-order valence-electron chi connectivity index (χ4n) is 3.62. The molecule has 112 valence electrons. The van der Waals surface area contributed by atoms with Crippen molar-refractivity contribution in [2.24, 2.45) is 17.3 Å². The molecule has 1 saturated carbocycles. The molecule has 0 unspecified atom stereocenters. The van der Waals surface area contributed by atoms with Crippen molar-refractivity contribution in [3.8, 4) is 0 Å². The molecule has 1 saturated heterocycles. The summed E-state index contributed by atoms with van der Waals surface area (Å²) in [5.74, 6) is -0.577. The molecule has 0 N–H and O–H groups in total. The summed E-state index contributed by atoms with van der Waals surface area (Å²) in [5, 5.41) is 0. The zero-order valence-corrected chi connectivity index (χ0v) is 12.3. The lowest BCUT2D eigenvalue weighted by molar-refractivity contribution is -0.265. The molecule has 21 heavy (non-hydrogen) atoms. The first-order valence-electron chi connectivity index (χ1n) is 7.34. The molecule has 0 spiro atoms. The Labute approximate surface area is 124 Å². The van der Waals surface area contributed by atoms with E-state index in [1.165, 1.54) is 0 Å². The zero-order chi connectivity index (χ0) is 15.0. The summed E-state index contributed by atoms with van der Waals surface area (Å²) in [6, 6.07) is 9.95. The molecular formula is C17H20O4. The normalized spacial score (nSPS) is 33.5. The van der Waals surface area contributed by atoms with Crippen molar-refractivity contribution in [3.05, 3.63) is 35.9 Å². The molecule has 3 rings (SSSR count). The Morgan fingerprint density at radius 1 is 1.33 bits per heavy atom. The minimum absolute atomic E-state index is 0.0149. The second kappa shape index (κ2) is 5.26. The summed E-state index contributed by atoms with van der Waals surface area (Å²) in [6.07, 6.45) is 0.777. The van der Waals surface area contributed by atoms with Crippen LogP contribution >= 0.6 is 0 Å². The lowest BCUT2D eigenvalue weighted by Gasteiger charge is -2.59. The van der Waals surface area contributed by atoms with Gasteiger partial charge >= 0.3 is 5.97 Å². The monoisotopic (exact) mass is 288 g/mol. The first kappa shape index (κ1) is 14.3. The van der Waals surface area contributed by atoms with Gasteiger partial charge in [-0.1, -0.05) is 44.2 Å². The van der Waals surface area contributed by atoms with E-state index < -0.39 is 0 Å². The highest BCUT2D eigenvalue weighted by Crippen LogP contribution is 2.54. The van der Waals surface area contributed by atoms with E-state index in [0.717, 1.165) is 11.8 Å². The number of aldehydes is 1. The van der Waals surface area contributed by atoms with Crippen LogP contribution in [0.1, 0.15) is 25.8 Å². The highest BCUT2D eigenvalue weighted by atomic mass is 16.6. The molecule has 0 radical (unpaired) electrons. The van der Waals surface area contributed by atoms with E-state index in [1.807, 2.05) is 44.2 Å². The number of carbonyl (C=O) groups is 2. The van der Waals surface area contributed by atoms with Crippen molar-refractivity contribution < 1.29 is 19.1 Å². The van der Waals surface area contributed by atoms with E-state index in [4.69, 9.17) is 9.47 Å². The summed E-state index contributed by atoms with van der Waals surface area (Å²) in [4.78, 5) is 22.8. The molecule has 1 aliphatic carbocycles. The minimum atomic E-state index is -0.287. The molecule has 0 aromatic heterocycles. The lowest BCUT2D eigenvalue weighted by atomic mass is 9.54. The predicted octanol–water partition coefficient (Wildman–Crippen LogP) is 2.36. The van der Waals surface area contributed by atoms with Crippen molar-refractivity contribution in [2.75, 3.05) is 0 Å². The van der Waals surface area contributed by atoms with Crippen molar-refractivity contribution >= 4 is 12.3 Å². The highest BCUT2D eigenvalue weighted by Gasteiger charge is 2.64. The summed E-state index contributed by atoms with van der Waals surface area (Å²) in [5.41, 5.74) is 0.851. The molecular weight excluding hydrogens is 268 g/mol. The van der Waals surface area contributed by atoms with Crippen LogP contribution in [0.2, 0.25) is 0 Å². The van der Waals surface area contributed by atoms with Crippen LogP contribution in [0.5, 0.6) is 0 Å². The Kier molecular flexibility index (Phi) is 3.57. The number of ether oxygens (including phenoxy) is 2. The van der Waals surface area contributed by atoms with Crippen LogP contribution in [0.3, 0.4) is 0 Å². The molecule has 4 heteroatoms. The summed E-state index contributed by atoms with van der Waals surface area (Å²) < 4.78 is 11.5. The third-order valence-electron chi connectivity index (χ3n) is 4.77. The Hall–Kier alpha value is -1.68. The maximum atomic E-state index is 11.6. The average molecular weight is 288 g/mol. The molecule has 1 aromatic carbocycles. The van der Waals surface area contributed by atoms with E-state index >= 15 is 0 Å². The first-order chi connectivity index (χ1) is 10.0. The Bertz CT molecular complexity index is 537. The van der Waals surface area contributed by atoms with Crippen LogP contribution in [0.25, 0.3) is 0 Å². The fourth-order valence-corrected chi connectivity index (χ4v) is 3.62. The first-order valence-corrected chi connectivity index (χ1v) is 7.34. The standard InChI is InChI=1S/C17H20O4/c1-17(2)15(20-10-11-6-4-3-5-7-11)14-12(9-18)8-13(19)21-16(14)17/h3-7,9,12,14-16H,8,10H2,1-2H3/t12-,14+,15+,16+/m1/s1. The van der Waals surface area contributed by atoms with E-state index in [0.29, 0.717) is 6.61 Å². The molecule has 2 fully saturated rings. The molecule has 1 heterocycles. The van der Waals surface area contributed by atoms with Crippen LogP contribution in [0, 0.1) is 17.3 Å². The van der Waals surface area contributed by atoms with Crippen LogP contribution in [0.15, 0.2) is 30.3 Å². The van der Waals surface area contributed by atoms with Gasteiger partial charge in [0, 0.05) is 17.3 Å². The number of fused-ring (bicyclic) bond motifs is 1.